The molecule has 0 fully saturated rings. The Bertz CT molecular complexity index is 605. The van der Waals surface area contributed by atoms with Crippen LogP contribution in [0.1, 0.15) is 12.5 Å². The molecule has 0 radical (unpaired) electrons. The highest BCUT2D eigenvalue weighted by atomic mass is 79.9. The van der Waals surface area contributed by atoms with E-state index in [2.05, 4.69) is 41.5 Å². The summed E-state index contributed by atoms with van der Waals surface area (Å²) in [6.45, 7) is 4.72. The van der Waals surface area contributed by atoms with Crippen LogP contribution in [0.25, 0.3) is 0 Å². The molecule has 2 N–H and O–H groups in total. The fourth-order valence-corrected chi connectivity index (χ4v) is 1.84. The zero-order valence-corrected chi connectivity index (χ0v) is 13.2. The van der Waals surface area contributed by atoms with Crippen molar-refractivity contribution in [1.82, 2.24) is 15.0 Å². The van der Waals surface area contributed by atoms with Crippen LogP contribution >= 0.6 is 15.9 Å². The van der Waals surface area contributed by atoms with Crippen molar-refractivity contribution in [2.45, 2.75) is 13.8 Å². The predicted molar refractivity (Wildman–Crippen MR) is 82.7 cm³/mol. The molecule has 0 aliphatic rings. The highest BCUT2D eigenvalue weighted by Crippen LogP contribution is 2.22. The zero-order valence-electron chi connectivity index (χ0n) is 11.6. The summed E-state index contributed by atoms with van der Waals surface area (Å²) in [5, 5.41) is 6.18. The van der Waals surface area contributed by atoms with E-state index in [1.807, 2.05) is 32.0 Å². The summed E-state index contributed by atoms with van der Waals surface area (Å²) < 4.78 is 6.13. The molecule has 1 aromatic heterocycles. The number of anilines is 3. The Morgan fingerprint density at radius 2 is 1.95 bits per heavy atom. The van der Waals surface area contributed by atoms with Crippen molar-refractivity contribution < 1.29 is 4.74 Å². The van der Waals surface area contributed by atoms with Crippen molar-refractivity contribution in [1.29, 1.82) is 0 Å². The number of halogens is 1. The normalized spacial score (nSPS) is 10.2. The maximum Gasteiger partial charge on any atom is 0.322 e. The van der Waals surface area contributed by atoms with Gasteiger partial charge in [-0.15, -0.1) is 0 Å². The van der Waals surface area contributed by atoms with Crippen molar-refractivity contribution in [3.05, 3.63) is 28.2 Å². The van der Waals surface area contributed by atoms with Gasteiger partial charge in [0.2, 0.25) is 11.9 Å². The largest absolute Gasteiger partial charge is 0.467 e. The summed E-state index contributed by atoms with van der Waals surface area (Å²) in [4.78, 5) is 12.6. The molecule has 0 bridgehead atoms. The van der Waals surface area contributed by atoms with Crippen LogP contribution in [-0.2, 0) is 0 Å². The lowest BCUT2D eigenvalue weighted by Gasteiger charge is -2.09. The van der Waals surface area contributed by atoms with Crippen LogP contribution in [0, 0.1) is 6.92 Å². The van der Waals surface area contributed by atoms with E-state index in [4.69, 9.17) is 4.74 Å². The van der Waals surface area contributed by atoms with Crippen LogP contribution in [0.15, 0.2) is 22.7 Å². The molecule has 1 heterocycles. The van der Waals surface area contributed by atoms with Gasteiger partial charge in [-0.1, -0.05) is 15.9 Å². The topological polar surface area (TPSA) is 72.0 Å². The molecule has 0 aliphatic carbocycles. The van der Waals surface area contributed by atoms with Gasteiger partial charge in [0.15, 0.2) is 0 Å². The van der Waals surface area contributed by atoms with Crippen LogP contribution in [-0.4, -0.2) is 28.6 Å². The predicted octanol–water partition coefficient (Wildman–Crippen LogP) is 3.13. The minimum Gasteiger partial charge on any atom is -0.467 e. The number of hydrogen-bond donors (Lipinski definition) is 2. The zero-order chi connectivity index (χ0) is 14.5. The molecule has 0 saturated heterocycles. The van der Waals surface area contributed by atoms with Crippen LogP contribution in [0.5, 0.6) is 6.01 Å². The molecule has 6 nitrogen and oxygen atoms in total. The van der Waals surface area contributed by atoms with Crippen molar-refractivity contribution in [3.63, 3.8) is 0 Å². The van der Waals surface area contributed by atoms with Gasteiger partial charge in [0, 0.05) is 16.7 Å². The van der Waals surface area contributed by atoms with E-state index in [1.165, 1.54) is 7.11 Å². The molecule has 2 aromatic rings. The van der Waals surface area contributed by atoms with E-state index in [9.17, 15) is 0 Å². The second-order valence-electron chi connectivity index (χ2n) is 4.09. The summed E-state index contributed by atoms with van der Waals surface area (Å²) in [5.74, 6) is 0.921. The maximum absolute atomic E-state index is 5.07. The fourth-order valence-electron chi connectivity index (χ4n) is 1.59. The Balaban J connectivity index is 2.27. The molecule has 0 atom stereocenters. The third-order valence-electron chi connectivity index (χ3n) is 2.55. The van der Waals surface area contributed by atoms with E-state index in [-0.39, 0.29) is 6.01 Å². The van der Waals surface area contributed by atoms with E-state index >= 15 is 0 Å². The molecule has 2 rings (SSSR count). The second-order valence-corrected chi connectivity index (χ2v) is 4.94. The number of nitrogens with zero attached hydrogens (tertiary/aromatic N) is 3. The van der Waals surface area contributed by atoms with Gasteiger partial charge in [-0.2, -0.15) is 15.0 Å². The van der Waals surface area contributed by atoms with Gasteiger partial charge in [-0.25, -0.2) is 0 Å². The molecular formula is C13H16BrN5O. The van der Waals surface area contributed by atoms with Gasteiger partial charge in [-0.05, 0) is 37.6 Å². The molecule has 0 unspecified atom stereocenters. The van der Waals surface area contributed by atoms with Gasteiger partial charge in [0.1, 0.15) is 0 Å². The molecule has 7 heteroatoms. The summed E-state index contributed by atoms with van der Waals surface area (Å²) in [5.41, 5.74) is 2.03. The number of aromatic nitrogens is 3. The van der Waals surface area contributed by atoms with E-state index < -0.39 is 0 Å². The van der Waals surface area contributed by atoms with Gasteiger partial charge >= 0.3 is 6.01 Å². The first-order valence-electron chi connectivity index (χ1n) is 6.19. The lowest BCUT2D eigenvalue weighted by Crippen LogP contribution is -2.07. The lowest BCUT2D eigenvalue weighted by molar-refractivity contribution is 0.379. The van der Waals surface area contributed by atoms with Gasteiger partial charge in [0.05, 0.1) is 7.11 Å². The molecule has 0 saturated carbocycles. The lowest BCUT2D eigenvalue weighted by atomic mass is 10.2. The smallest absolute Gasteiger partial charge is 0.322 e. The van der Waals surface area contributed by atoms with Gasteiger partial charge in [-0.3, -0.25) is 0 Å². The van der Waals surface area contributed by atoms with Crippen LogP contribution in [0.3, 0.4) is 0 Å². The van der Waals surface area contributed by atoms with Crippen molar-refractivity contribution in [2.75, 3.05) is 24.3 Å². The molecular weight excluding hydrogens is 322 g/mol. The third kappa shape index (κ3) is 3.57. The van der Waals surface area contributed by atoms with Crippen molar-refractivity contribution in [2.24, 2.45) is 0 Å². The van der Waals surface area contributed by atoms with Crippen molar-refractivity contribution >= 4 is 33.5 Å². The summed E-state index contributed by atoms with van der Waals surface area (Å²) >= 11 is 3.47. The minimum absolute atomic E-state index is 0.271. The number of nitrogens with one attached hydrogen (secondary N) is 2. The Hall–Kier alpha value is -1.89. The number of methoxy groups -OCH3 is 1. The first kappa shape index (κ1) is 14.5. The SMILES string of the molecule is CCNc1nc(Nc2ccc(Br)c(C)c2)nc(OC)n1. The third-order valence-corrected chi connectivity index (χ3v) is 3.44. The minimum atomic E-state index is 0.271. The van der Waals surface area contributed by atoms with Gasteiger partial charge in [0.25, 0.3) is 0 Å². The first-order valence-corrected chi connectivity index (χ1v) is 6.98. The summed E-state index contributed by atoms with van der Waals surface area (Å²) in [7, 11) is 1.53. The molecule has 1 aromatic carbocycles. The highest BCUT2D eigenvalue weighted by molar-refractivity contribution is 9.10. The van der Waals surface area contributed by atoms with E-state index in [1.54, 1.807) is 0 Å². The maximum atomic E-state index is 5.07. The Morgan fingerprint density at radius 3 is 2.60 bits per heavy atom. The van der Waals surface area contributed by atoms with Crippen LogP contribution < -0.4 is 15.4 Å². The fraction of sp³-hybridized carbons (Fsp3) is 0.308. The first-order chi connectivity index (χ1) is 9.62. The summed E-state index contributed by atoms with van der Waals surface area (Å²) in [6.07, 6.45) is 0. The average Bonchev–Trinajstić information content (AvgIpc) is 2.43. The molecule has 0 spiro atoms. The molecule has 106 valence electrons. The highest BCUT2D eigenvalue weighted by Gasteiger charge is 2.07. The standard InChI is InChI=1S/C13H16BrN5O/c1-4-15-11-17-12(19-13(18-11)20-3)16-9-5-6-10(14)8(2)7-9/h5-7H,4H2,1-3H3,(H2,15,16,17,18,19). The molecule has 0 amide bonds. The van der Waals surface area contributed by atoms with E-state index in [0.29, 0.717) is 11.9 Å². The number of hydrogen-bond acceptors (Lipinski definition) is 6. The number of rotatable bonds is 5. The Morgan fingerprint density at radius 1 is 1.20 bits per heavy atom. The Labute approximate surface area is 126 Å². The molecule has 20 heavy (non-hydrogen) atoms. The average molecular weight is 338 g/mol. The van der Waals surface area contributed by atoms with Crippen molar-refractivity contribution in [3.8, 4) is 6.01 Å². The van der Waals surface area contributed by atoms with Crippen LogP contribution in [0.4, 0.5) is 17.6 Å². The quantitative estimate of drug-likeness (QED) is 0.873. The second kappa shape index (κ2) is 6.51. The monoisotopic (exact) mass is 337 g/mol. The van der Waals surface area contributed by atoms with Gasteiger partial charge < -0.3 is 15.4 Å². The number of benzene rings is 1. The number of aryl methyl sites for hydroxylation is 1. The molecule has 0 aliphatic heterocycles. The van der Waals surface area contributed by atoms with Crippen LogP contribution in [0.2, 0.25) is 0 Å². The number of ether oxygens (including phenoxy) is 1. The summed E-state index contributed by atoms with van der Waals surface area (Å²) in [6, 6.07) is 6.20. The Kier molecular flexibility index (Phi) is 4.73. The van der Waals surface area contributed by atoms with E-state index in [0.717, 1.165) is 22.3 Å².